The zero-order chi connectivity index (χ0) is 21.0. The zero-order valence-electron chi connectivity index (χ0n) is 17.1. The average molecular weight is 401 g/mol. The predicted molar refractivity (Wildman–Crippen MR) is 110 cm³/mol. The quantitative estimate of drug-likeness (QED) is 0.754. The number of ether oxygens (including phenoxy) is 2. The molecule has 2 aromatic rings. The van der Waals surface area contributed by atoms with Crippen molar-refractivity contribution < 1.29 is 18.7 Å². The number of anilines is 1. The summed E-state index contributed by atoms with van der Waals surface area (Å²) in [6.07, 6.45) is 0. The molecule has 7 heteroatoms. The third kappa shape index (κ3) is 5.17. The van der Waals surface area contributed by atoms with Crippen molar-refractivity contribution in [2.75, 3.05) is 32.5 Å². The van der Waals surface area contributed by atoms with E-state index in [-0.39, 0.29) is 30.4 Å². The molecule has 29 heavy (non-hydrogen) atoms. The maximum Gasteiger partial charge on any atom is 0.260 e. The summed E-state index contributed by atoms with van der Waals surface area (Å²) in [7, 11) is 1.55. The van der Waals surface area contributed by atoms with E-state index >= 15 is 0 Å². The number of nitrogens with zero attached hydrogens (tertiary/aromatic N) is 2. The summed E-state index contributed by atoms with van der Waals surface area (Å²) in [4.78, 5) is 16.9. The van der Waals surface area contributed by atoms with E-state index in [1.54, 1.807) is 37.4 Å². The van der Waals surface area contributed by atoms with Crippen LogP contribution in [0.3, 0.4) is 0 Å². The Bertz CT molecular complexity index is 844. The SMILES string of the molecule is COc1ccc(N)cc1OCC(=O)N1C[C@H](C)N(Cc2ccc(F)cc2)C[C@H]1C. The Labute approximate surface area is 171 Å². The molecule has 156 valence electrons. The molecule has 2 atom stereocenters. The van der Waals surface area contributed by atoms with Crippen LogP contribution in [0.5, 0.6) is 11.5 Å². The van der Waals surface area contributed by atoms with Gasteiger partial charge >= 0.3 is 0 Å². The first-order valence-electron chi connectivity index (χ1n) is 9.71. The van der Waals surface area contributed by atoms with Crippen molar-refractivity contribution >= 4 is 11.6 Å². The minimum absolute atomic E-state index is 0.0467. The zero-order valence-corrected chi connectivity index (χ0v) is 17.1. The first-order chi connectivity index (χ1) is 13.9. The summed E-state index contributed by atoms with van der Waals surface area (Å²) >= 11 is 0. The molecule has 0 aromatic heterocycles. The van der Waals surface area contributed by atoms with Gasteiger partial charge in [0.05, 0.1) is 7.11 Å². The highest BCUT2D eigenvalue weighted by atomic mass is 19.1. The Hall–Kier alpha value is -2.80. The number of carbonyl (C=O) groups excluding carboxylic acids is 1. The van der Waals surface area contributed by atoms with Gasteiger partial charge in [0.15, 0.2) is 18.1 Å². The van der Waals surface area contributed by atoms with Gasteiger partial charge in [0.25, 0.3) is 5.91 Å². The number of nitrogens with two attached hydrogens (primary N) is 1. The van der Waals surface area contributed by atoms with E-state index in [9.17, 15) is 9.18 Å². The van der Waals surface area contributed by atoms with Gasteiger partial charge in [-0.1, -0.05) is 12.1 Å². The number of methoxy groups -OCH3 is 1. The molecule has 0 saturated carbocycles. The van der Waals surface area contributed by atoms with E-state index in [4.69, 9.17) is 15.2 Å². The lowest BCUT2D eigenvalue weighted by atomic mass is 10.1. The second kappa shape index (κ2) is 9.13. The van der Waals surface area contributed by atoms with Crippen LogP contribution in [0.15, 0.2) is 42.5 Å². The topological polar surface area (TPSA) is 68.0 Å². The summed E-state index contributed by atoms with van der Waals surface area (Å²) in [6.45, 7) is 6.13. The maximum atomic E-state index is 13.1. The first kappa shape index (κ1) is 20.9. The fraction of sp³-hybridized carbons (Fsp3) is 0.409. The van der Waals surface area contributed by atoms with Gasteiger partial charge in [-0.25, -0.2) is 4.39 Å². The molecule has 0 aliphatic carbocycles. The highest BCUT2D eigenvalue weighted by Crippen LogP contribution is 2.29. The molecule has 0 radical (unpaired) electrons. The lowest BCUT2D eigenvalue weighted by Crippen LogP contribution is -2.58. The van der Waals surface area contributed by atoms with Gasteiger partial charge in [-0.3, -0.25) is 9.69 Å². The minimum atomic E-state index is -0.234. The van der Waals surface area contributed by atoms with E-state index in [1.165, 1.54) is 12.1 Å². The molecule has 0 unspecified atom stereocenters. The number of amides is 1. The minimum Gasteiger partial charge on any atom is -0.493 e. The molecule has 6 nitrogen and oxygen atoms in total. The molecule has 1 saturated heterocycles. The summed E-state index contributed by atoms with van der Waals surface area (Å²) in [5, 5.41) is 0. The third-order valence-corrected chi connectivity index (χ3v) is 5.27. The molecule has 1 fully saturated rings. The molecule has 1 aliphatic rings. The van der Waals surface area contributed by atoms with Crippen LogP contribution >= 0.6 is 0 Å². The van der Waals surface area contributed by atoms with Crippen molar-refractivity contribution in [3.8, 4) is 11.5 Å². The molecule has 1 aliphatic heterocycles. The fourth-order valence-corrected chi connectivity index (χ4v) is 3.62. The predicted octanol–water partition coefficient (Wildman–Crippen LogP) is 2.92. The van der Waals surface area contributed by atoms with Gasteiger partial charge in [0, 0.05) is 43.5 Å². The molecular weight excluding hydrogens is 373 g/mol. The second-order valence-corrected chi connectivity index (χ2v) is 7.50. The number of hydrogen-bond acceptors (Lipinski definition) is 5. The van der Waals surface area contributed by atoms with E-state index in [0.717, 1.165) is 18.7 Å². The number of carbonyl (C=O) groups is 1. The molecule has 1 heterocycles. The average Bonchev–Trinajstić information content (AvgIpc) is 2.70. The van der Waals surface area contributed by atoms with Crippen LogP contribution in [-0.2, 0) is 11.3 Å². The standard InChI is InChI=1S/C22H28FN3O3/c1-15-12-26(16(2)11-25(15)13-17-4-6-18(23)7-5-17)22(27)14-29-21-10-19(24)8-9-20(21)28-3/h4-10,15-16H,11-14,24H2,1-3H3/t15-,16+/m0/s1. The monoisotopic (exact) mass is 401 g/mol. The van der Waals surface area contributed by atoms with Gasteiger partial charge in [-0.15, -0.1) is 0 Å². The van der Waals surface area contributed by atoms with Crippen LogP contribution in [0.4, 0.5) is 10.1 Å². The summed E-state index contributed by atoms with van der Waals surface area (Å²) < 4.78 is 24.1. The number of halogens is 1. The van der Waals surface area contributed by atoms with Crippen molar-refractivity contribution in [1.29, 1.82) is 0 Å². The van der Waals surface area contributed by atoms with Gasteiger partial charge in [-0.2, -0.15) is 0 Å². The Morgan fingerprint density at radius 2 is 1.83 bits per heavy atom. The van der Waals surface area contributed by atoms with E-state index in [1.807, 2.05) is 11.8 Å². The van der Waals surface area contributed by atoms with Crippen LogP contribution in [-0.4, -0.2) is 54.6 Å². The molecule has 0 bridgehead atoms. The van der Waals surface area contributed by atoms with E-state index < -0.39 is 0 Å². The molecule has 1 amide bonds. The molecule has 3 rings (SSSR count). The largest absolute Gasteiger partial charge is 0.493 e. The van der Waals surface area contributed by atoms with Gasteiger partial charge in [0.1, 0.15) is 5.82 Å². The summed E-state index contributed by atoms with van der Waals surface area (Å²) in [5.41, 5.74) is 7.40. The normalized spacial score (nSPS) is 19.8. The highest BCUT2D eigenvalue weighted by molar-refractivity contribution is 5.78. The van der Waals surface area contributed by atoms with Crippen LogP contribution in [0.1, 0.15) is 19.4 Å². The van der Waals surface area contributed by atoms with Crippen molar-refractivity contribution in [1.82, 2.24) is 9.80 Å². The lowest BCUT2D eigenvalue weighted by Gasteiger charge is -2.44. The van der Waals surface area contributed by atoms with Gasteiger partial charge in [0.2, 0.25) is 0 Å². The van der Waals surface area contributed by atoms with Crippen molar-refractivity contribution in [3.63, 3.8) is 0 Å². The van der Waals surface area contributed by atoms with Crippen molar-refractivity contribution in [2.45, 2.75) is 32.5 Å². The first-order valence-corrected chi connectivity index (χ1v) is 9.71. The molecular formula is C22H28FN3O3. The Morgan fingerprint density at radius 3 is 2.52 bits per heavy atom. The van der Waals surface area contributed by atoms with Crippen molar-refractivity contribution in [3.05, 3.63) is 53.8 Å². The fourth-order valence-electron chi connectivity index (χ4n) is 3.62. The van der Waals surface area contributed by atoms with E-state index in [0.29, 0.717) is 23.7 Å². The number of nitrogen functional groups attached to an aromatic ring is 1. The van der Waals surface area contributed by atoms with Crippen LogP contribution in [0, 0.1) is 5.82 Å². The maximum absolute atomic E-state index is 13.1. The van der Waals surface area contributed by atoms with Crippen LogP contribution in [0.2, 0.25) is 0 Å². The Kier molecular flexibility index (Phi) is 6.59. The lowest BCUT2D eigenvalue weighted by molar-refractivity contribution is -0.139. The smallest absolute Gasteiger partial charge is 0.260 e. The summed E-state index contributed by atoms with van der Waals surface area (Å²) in [6, 6.07) is 11.9. The number of piperazine rings is 1. The molecule has 2 aromatic carbocycles. The number of benzene rings is 2. The molecule has 2 N–H and O–H groups in total. The van der Waals surface area contributed by atoms with E-state index in [2.05, 4.69) is 11.8 Å². The van der Waals surface area contributed by atoms with Gasteiger partial charge < -0.3 is 20.1 Å². The van der Waals surface area contributed by atoms with Crippen molar-refractivity contribution in [2.24, 2.45) is 0 Å². The highest BCUT2D eigenvalue weighted by Gasteiger charge is 2.32. The third-order valence-electron chi connectivity index (χ3n) is 5.27. The van der Waals surface area contributed by atoms with Gasteiger partial charge in [-0.05, 0) is 43.7 Å². The number of rotatable bonds is 6. The Morgan fingerprint density at radius 1 is 1.10 bits per heavy atom. The molecule has 0 spiro atoms. The van der Waals surface area contributed by atoms with Crippen LogP contribution < -0.4 is 15.2 Å². The second-order valence-electron chi connectivity index (χ2n) is 7.50. The summed E-state index contributed by atoms with van der Waals surface area (Å²) in [5.74, 6) is 0.687. The Balaban J connectivity index is 1.58. The van der Waals surface area contributed by atoms with Crippen LogP contribution in [0.25, 0.3) is 0 Å². The number of hydrogen-bond donors (Lipinski definition) is 1.